The van der Waals surface area contributed by atoms with Crippen LogP contribution in [0, 0.1) is 13.8 Å². The van der Waals surface area contributed by atoms with Gasteiger partial charge in [0.05, 0.1) is 12.8 Å². The number of methoxy groups -OCH3 is 1. The molecule has 0 aliphatic carbocycles. The maximum absolute atomic E-state index is 6.19. The lowest BCUT2D eigenvalue weighted by Gasteiger charge is -2.15. The van der Waals surface area contributed by atoms with E-state index >= 15 is 0 Å². The van der Waals surface area contributed by atoms with E-state index in [1.807, 2.05) is 52.2 Å². The number of anilines is 5. The molecule has 7 heteroatoms. The van der Waals surface area contributed by atoms with E-state index in [0.29, 0.717) is 22.5 Å². The van der Waals surface area contributed by atoms with Crippen LogP contribution in [0.25, 0.3) is 0 Å². The van der Waals surface area contributed by atoms with E-state index in [1.165, 1.54) is 0 Å². The fraction of sp³-hybridized carbons (Fsp3) is 0.238. The van der Waals surface area contributed by atoms with Crippen molar-refractivity contribution in [3.05, 3.63) is 58.7 Å². The molecule has 28 heavy (non-hydrogen) atoms. The van der Waals surface area contributed by atoms with Crippen LogP contribution in [0.5, 0.6) is 5.75 Å². The zero-order valence-corrected chi connectivity index (χ0v) is 17.4. The summed E-state index contributed by atoms with van der Waals surface area (Å²) < 4.78 is 5.42. The molecule has 0 aliphatic rings. The summed E-state index contributed by atoms with van der Waals surface area (Å²) in [5.41, 5.74) is 4.63. The van der Waals surface area contributed by atoms with Gasteiger partial charge in [-0.05, 0) is 49.7 Å². The van der Waals surface area contributed by atoms with Gasteiger partial charge in [0.1, 0.15) is 11.6 Å². The number of aryl methyl sites for hydroxylation is 2. The number of benzene rings is 2. The first kappa shape index (κ1) is 19.8. The molecular formula is C21H24ClN5O. The lowest BCUT2D eigenvalue weighted by molar-refractivity contribution is 0.416. The van der Waals surface area contributed by atoms with Gasteiger partial charge in [-0.1, -0.05) is 11.6 Å². The highest BCUT2D eigenvalue weighted by atomic mass is 35.5. The van der Waals surface area contributed by atoms with E-state index in [2.05, 4.69) is 37.6 Å². The molecule has 0 atom stereocenters. The predicted molar refractivity (Wildman–Crippen MR) is 117 cm³/mol. The summed E-state index contributed by atoms with van der Waals surface area (Å²) in [5.74, 6) is 1.82. The quantitative estimate of drug-likeness (QED) is 0.587. The van der Waals surface area contributed by atoms with Crippen LogP contribution < -0.4 is 20.3 Å². The molecule has 2 N–H and O–H groups in total. The van der Waals surface area contributed by atoms with Crippen LogP contribution >= 0.6 is 11.6 Å². The average Bonchev–Trinajstić information content (AvgIpc) is 2.64. The Hall–Kier alpha value is -2.99. The summed E-state index contributed by atoms with van der Waals surface area (Å²) in [5, 5.41) is 7.20. The van der Waals surface area contributed by atoms with Crippen molar-refractivity contribution in [2.75, 3.05) is 36.7 Å². The minimum Gasteiger partial charge on any atom is -0.495 e. The SMILES string of the molecule is COc1cc(Cl)c(C)cc1Nc1nc(C)cc(Nc2ccc(N(C)C)cc2)n1. The van der Waals surface area contributed by atoms with Gasteiger partial charge in [0, 0.05) is 48.3 Å². The molecule has 6 nitrogen and oxygen atoms in total. The van der Waals surface area contributed by atoms with E-state index in [0.717, 1.165) is 28.3 Å². The largest absolute Gasteiger partial charge is 0.495 e. The Morgan fingerprint density at radius 2 is 1.68 bits per heavy atom. The molecule has 3 rings (SSSR count). The van der Waals surface area contributed by atoms with Crippen molar-refractivity contribution in [2.24, 2.45) is 0 Å². The third kappa shape index (κ3) is 4.64. The summed E-state index contributed by atoms with van der Waals surface area (Å²) in [6, 6.07) is 13.7. The molecule has 1 aromatic heterocycles. The Kier molecular flexibility index (Phi) is 5.90. The molecule has 0 aliphatic heterocycles. The Bertz CT molecular complexity index is 973. The van der Waals surface area contributed by atoms with Crippen LogP contribution in [0.4, 0.5) is 28.8 Å². The molecule has 1 heterocycles. The van der Waals surface area contributed by atoms with Gasteiger partial charge in [0.15, 0.2) is 0 Å². The third-order valence-electron chi connectivity index (χ3n) is 4.24. The summed E-state index contributed by atoms with van der Waals surface area (Å²) in [7, 11) is 5.63. The highest BCUT2D eigenvalue weighted by Gasteiger charge is 2.10. The van der Waals surface area contributed by atoms with Crippen LogP contribution in [0.1, 0.15) is 11.3 Å². The van der Waals surface area contributed by atoms with Gasteiger partial charge in [0.25, 0.3) is 0 Å². The predicted octanol–water partition coefficient (Wildman–Crippen LogP) is 5.31. The number of rotatable bonds is 6. The van der Waals surface area contributed by atoms with Gasteiger partial charge >= 0.3 is 0 Å². The van der Waals surface area contributed by atoms with Crippen LogP contribution in [0.3, 0.4) is 0 Å². The van der Waals surface area contributed by atoms with Crippen molar-refractivity contribution in [3.63, 3.8) is 0 Å². The number of ether oxygens (including phenoxy) is 1. The van der Waals surface area contributed by atoms with Crippen LogP contribution in [-0.2, 0) is 0 Å². The Balaban J connectivity index is 1.85. The van der Waals surface area contributed by atoms with Gasteiger partial charge in [-0.2, -0.15) is 4.98 Å². The van der Waals surface area contributed by atoms with Gasteiger partial charge in [-0.15, -0.1) is 0 Å². The first-order chi connectivity index (χ1) is 13.4. The smallest absolute Gasteiger partial charge is 0.229 e. The summed E-state index contributed by atoms with van der Waals surface area (Å²) in [6.45, 7) is 3.87. The van der Waals surface area contributed by atoms with E-state index in [-0.39, 0.29) is 0 Å². The van der Waals surface area contributed by atoms with Gasteiger partial charge < -0.3 is 20.3 Å². The molecule has 0 saturated carbocycles. The van der Waals surface area contributed by atoms with Crippen molar-refractivity contribution < 1.29 is 4.74 Å². The number of hydrogen-bond acceptors (Lipinski definition) is 6. The van der Waals surface area contributed by atoms with E-state index < -0.39 is 0 Å². The monoisotopic (exact) mass is 397 g/mol. The lowest BCUT2D eigenvalue weighted by Crippen LogP contribution is -2.08. The molecule has 0 spiro atoms. The summed E-state index contributed by atoms with van der Waals surface area (Å²) in [4.78, 5) is 11.1. The second-order valence-electron chi connectivity index (χ2n) is 6.71. The first-order valence-corrected chi connectivity index (χ1v) is 9.25. The van der Waals surface area contributed by atoms with Crippen molar-refractivity contribution in [3.8, 4) is 5.75 Å². The van der Waals surface area contributed by atoms with E-state index in [4.69, 9.17) is 16.3 Å². The maximum Gasteiger partial charge on any atom is 0.229 e. The fourth-order valence-corrected chi connectivity index (χ4v) is 2.88. The van der Waals surface area contributed by atoms with Gasteiger partial charge in [0.2, 0.25) is 5.95 Å². The normalized spacial score (nSPS) is 10.5. The van der Waals surface area contributed by atoms with Crippen LogP contribution in [0.15, 0.2) is 42.5 Å². The third-order valence-corrected chi connectivity index (χ3v) is 4.64. The lowest BCUT2D eigenvalue weighted by atomic mass is 10.2. The number of hydrogen-bond donors (Lipinski definition) is 2. The van der Waals surface area contributed by atoms with E-state index in [9.17, 15) is 0 Å². The van der Waals surface area contributed by atoms with Crippen LogP contribution in [-0.4, -0.2) is 31.2 Å². The van der Waals surface area contributed by atoms with Gasteiger partial charge in [-0.3, -0.25) is 0 Å². The minimum absolute atomic E-state index is 0.479. The molecule has 0 amide bonds. The summed E-state index contributed by atoms with van der Waals surface area (Å²) >= 11 is 6.19. The molecule has 146 valence electrons. The standard InChI is InChI=1S/C21H24ClN5O/c1-13-10-18(19(28-5)12-17(13)22)25-21-23-14(2)11-20(26-21)24-15-6-8-16(9-7-15)27(3)4/h6-12H,1-5H3,(H2,23,24,25,26). The number of aromatic nitrogens is 2. The van der Waals surface area contributed by atoms with Crippen molar-refractivity contribution in [2.45, 2.75) is 13.8 Å². The zero-order chi connectivity index (χ0) is 20.3. The highest BCUT2D eigenvalue weighted by molar-refractivity contribution is 6.31. The fourth-order valence-electron chi connectivity index (χ4n) is 2.73. The second-order valence-corrected chi connectivity index (χ2v) is 7.12. The van der Waals surface area contributed by atoms with E-state index in [1.54, 1.807) is 13.2 Å². The van der Waals surface area contributed by atoms with Crippen molar-refractivity contribution >= 4 is 40.4 Å². The average molecular weight is 398 g/mol. The van der Waals surface area contributed by atoms with Crippen molar-refractivity contribution in [1.29, 1.82) is 0 Å². The highest BCUT2D eigenvalue weighted by Crippen LogP contribution is 2.32. The molecule has 0 radical (unpaired) electrons. The maximum atomic E-state index is 6.19. The Labute approximate surface area is 170 Å². The topological polar surface area (TPSA) is 62.3 Å². The van der Waals surface area contributed by atoms with Crippen LogP contribution in [0.2, 0.25) is 5.02 Å². The van der Waals surface area contributed by atoms with Crippen molar-refractivity contribution in [1.82, 2.24) is 9.97 Å². The molecule has 0 bridgehead atoms. The second kappa shape index (κ2) is 8.35. The Morgan fingerprint density at radius 1 is 0.964 bits per heavy atom. The number of nitrogens with zero attached hydrogens (tertiary/aromatic N) is 3. The van der Waals surface area contributed by atoms with Gasteiger partial charge in [-0.25, -0.2) is 4.98 Å². The molecule has 2 aromatic carbocycles. The number of halogens is 1. The minimum atomic E-state index is 0.479. The summed E-state index contributed by atoms with van der Waals surface area (Å²) in [6.07, 6.45) is 0. The molecule has 0 saturated heterocycles. The first-order valence-electron chi connectivity index (χ1n) is 8.87. The molecular weight excluding hydrogens is 374 g/mol. The number of nitrogens with one attached hydrogen (secondary N) is 2. The molecule has 0 fully saturated rings. The Morgan fingerprint density at radius 3 is 2.32 bits per heavy atom. The molecule has 3 aromatic rings. The zero-order valence-electron chi connectivity index (χ0n) is 16.7. The molecule has 0 unspecified atom stereocenters.